The first-order valence-corrected chi connectivity index (χ1v) is 7.20. The van der Waals surface area contributed by atoms with Gasteiger partial charge in [0, 0.05) is 18.0 Å². The average molecular weight is 270 g/mol. The molecular formula is C13H22N2O2S. The molecule has 102 valence electrons. The standard InChI is InChI=1S/C13H22N2O2S/c1-6-15(8-9(3)4)13-14-11(10(5)18-13)12(16)17-7-2/h9H,6-8H2,1-5H3. The highest BCUT2D eigenvalue weighted by Gasteiger charge is 2.19. The van der Waals surface area contributed by atoms with Gasteiger partial charge >= 0.3 is 5.97 Å². The van der Waals surface area contributed by atoms with E-state index in [1.165, 1.54) is 0 Å². The van der Waals surface area contributed by atoms with Gasteiger partial charge in [-0.15, -0.1) is 11.3 Å². The summed E-state index contributed by atoms with van der Waals surface area (Å²) in [6.07, 6.45) is 0. The van der Waals surface area contributed by atoms with E-state index >= 15 is 0 Å². The van der Waals surface area contributed by atoms with E-state index in [2.05, 4.69) is 30.7 Å². The van der Waals surface area contributed by atoms with Gasteiger partial charge in [0.2, 0.25) is 0 Å². The van der Waals surface area contributed by atoms with Crippen molar-refractivity contribution in [3.63, 3.8) is 0 Å². The van der Waals surface area contributed by atoms with Crippen molar-refractivity contribution in [1.82, 2.24) is 4.98 Å². The van der Waals surface area contributed by atoms with Crippen LogP contribution in [0.3, 0.4) is 0 Å². The third-order valence-corrected chi connectivity index (χ3v) is 3.52. The number of aryl methyl sites for hydroxylation is 1. The minimum atomic E-state index is -0.321. The molecular weight excluding hydrogens is 248 g/mol. The first-order chi connectivity index (χ1) is 8.49. The average Bonchev–Trinajstić information content (AvgIpc) is 2.68. The molecule has 0 aromatic carbocycles. The van der Waals surface area contributed by atoms with E-state index in [0.717, 1.165) is 23.1 Å². The van der Waals surface area contributed by atoms with Gasteiger partial charge in [-0.1, -0.05) is 13.8 Å². The number of thiazole rings is 1. The number of aromatic nitrogens is 1. The largest absolute Gasteiger partial charge is 0.461 e. The van der Waals surface area contributed by atoms with Crippen molar-refractivity contribution in [2.75, 3.05) is 24.6 Å². The predicted octanol–water partition coefficient (Wildman–Crippen LogP) is 3.11. The van der Waals surface area contributed by atoms with Crippen LogP contribution in [0.25, 0.3) is 0 Å². The molecule has 0 aliphatic rings. The first kappa shape index (κ1) is 15.0. The number of carbonyl (C=O) groups excluding carboxylic acids is 1. The van der Waals surface area contributed by atoms with Crippen LogP contribution in [0.1, 0.15) is 43.1 Å². The summed E-state index contributed by atoms with van der Waals surface area (Å²) >= 11 is 1.56. The highest BCUT2D eigenvalue weighted by Crippen LogP contribution is 2.26. The lowest BCUT2D eigenvalue weighted by Crippen LogP contribution is -2.27. The van der Waals surface area contributed by atoms with Crippen LogP contribution in [0.4, 0.5) is 5.13 Å². The van der Waals surface area contributed by atoms with Gasteiger partial charge in [-0.05, 0) is 26.7 Å². The van der Waals surface area contributed by atoms with Crippen molar-refractivity contribution in [3.05, 3.63) is 10.6 Å². The second-order valence-corrected chi connectivity index (χ2v) is 5.74. The molecule has 0 saturated heterocycles. The summed E-state index contributed by atoms with van der Waals surface area (Å²) in [6, 6.07) is 0. The molecule has 4 nitrogen and oxygen atoms in total. The summed E-state index contributed by atoms with van der Waals surface area (Å²) in [4.78, 5) is 19.3. The highest BCUT2D eigenvalue weighted by molar-refractivity contribution is 7.15. The molecule has 0 bridgehead atoms. The molecule has 0 fully saturated rings. The molecule has 18 heavy (non-hydrogen) atoms. The van der Waals surface area contributed by atoms with E-state index in [0.29, 0.717) is 18.2 Å². The van der Waals surface area contributed by atoms with Crippen LogP contribution < -0.4 is 4.90 Å². The summed E-state index contributed by atoms with van der Waals surface area (Å²) in [5.74, 6) is 0.248. The normalized spacial score (nSPS) is 10.8. The molecule has 1 aromatic rings. The molecule has 0 saturated carbocycles. The smallest absolute Gasteiger partial charge is 0.358 e. The minimum absolute atomic E-state index is 0.321. The SMILES string of the molecule is CCOC(=O)c1nc(N(CC)CC(C)C)sc1C. The van der Waals surface area contributed by atoms with E-state index < -0.39 is 0 Å². The fraction of sp³-hybridized carbons (Fsp3) is 0.692. The maximum Gasteiger partial charge on any atom is 0.358 e. The predicted molar refractivity (Wildman–Crippen MR) is 75.5 cm³/mol. The topological polar surface area (TPSA) is 42.4 Å². The van der Waals surface area contributed by atoms with Crippen molar-refractivity contribution < 1.29 is 9.53 Å². The number of carbonyl (C=O) groups is 1. The van der Waals surface area contributed by atoms with Crippen molar-refractivity contribution >= 4 is 22.4 Å². The van der Waals surface area contributed by atoms with Gasteiger partial charge in [-0.25, -0.2) is 9.78 Å². The zero-order chi connectivity index (χ0) is 13.7. The number of hydrogen-bond acceptors (Lipinski definition) is 5. The van der Waals surface area contributed by atoms with Gasteiger partial charge in [0.25, 0.3) is 0 Å². The molecule has 1 aromatic heterocycles. The van der Waals surface area contributed by atoms with E-state index in [1.54, 1.807) is 18.3 Å². The molecule has 0 aliphatic carbocycles. The number of nitrogens with zero attached hydrogens (tertiary/aromatic N) is 2. The molecule has 5 heteroatoms. The van der Waals surface area contributed by atoms with Crippen LogP contribution in [0.2, 0.25) is 0 Å². The third kappa shape index (κ3) is 3.70. The molecule has 0 N–H and O–H groups in total. The van der Waals surface area contributed by atoms with Gasteiger partial charge in [0.05, 0.1) is 6.61 Å². The number of esters is 1. The summed E-state index contributed by atoms with van der Waals surface area (Å²) < 4.78 is 5.00. The van der Waals surface area contributed by atoms with E-state index in [-0.39, 0.29) is 5.97 Å². The Morgan fingerprint density at radius 1 is 1.44 bits per heavy atom. The first-order valence-electron chi connectivity index (χ1n) is 6.39. The molecule has 0 unspecified atom stereocenters. The van der Waals surface area contributed by atoms with E-state index in [4.69, 9.17) is 4.74 Å². The van der Waals surface area contributed by atoms with E-state index in [1.807, 2.05) is 6.92 Å². The van der Waals surface area contributed by atoms with Crippen LogP contribution in [-0.2, 0) is 4.74 Å². The maximum atomic E-state index is 11.7. The van der Waals surface area contributed by atoms with Gasteiger partial charge in [0.1, 0.15) is 0 Å². The molecule has 0 atom stereocenters. The Hall–Kier alpha value is -1.10. The molecule has 0 radical (unpaired) electrons. The quantitative estimate of drug-likeness (QED) is 0.745. The van der Waals surface area contributed by atoms with Crippen LogP contribution in [0.15, 0.2) is 0 Å². The Bertz CT molecular complexity index is 402. The minimum Gasteiger partial charge on any atom is -0.461 e. The van der Waals surface area contributed by atoms with Crippen LogP contribution in [0.5, 0.6) is 0 Å². The summed E-state index contributed by atoms with van der Waals surface area (Å²) in [5.41, 5.74) is 0.457. The van der Waals surface area contributed by atoms with Gasteiger partial charge in [-0.3, -0.25) is 0 Å². The van der Waals surface area contributed by atoms with Gasteiger partial charge < -0.3 is 9.64 Å². The van der Waals surface area contributed by atoms with Crippen molar-refractivity contribution in [2.24, 2.45) is 5.92 Å². The van der Waals surface area contributed by atoms with Crippen LogP contribution in [-0.4, -0.2) is 30.6 Å². The lowest BCUT2D eigenvalue weighted by molar-refractivity contribution is 0.0519. The third-order valence-electron chi connectivity index (χ3n) is 2.49. The second-order valence-electron chi connectivity index (χ2n) is 4.55. The monoisotopic (exact) mass is 270 g/mol. The lowest BCUT2D eigenvalue weighted by Gasteiger charge is -2.21. The molecule has 0 amide bonds. The number of ether oxygens (including phenoxy) is 1. The maximum absolute atomic E-state index is 11.7. The zero-order valence-electron chi connectivity index (χ0n) is 11.8. The number of hydrogen-bond donors (Lipinski definition) is 0. The Kier molecular flexibility index (Phi) is 5.59. The second kappa shape index (κ2) is 6.73. The Morgan fingerprint density at radius 3 is 2.61 bits per heavy atom. The van der Waals surface area contributed by atoms with Crippen LogP contribution in [0, 0.1) is 12.8 Å². The number of rotatable bonds is 6. The van der Waals surface area contributed by atoms with Gasteiger partial charge in [-0.2, -0.15) is 0 Å². The fourth-order valence-corrected chi connectivity index (χ4v) is 2.66. The zero-order valence-corrected chi connectivity index (χ0v) is 12.6. The summed E-state index contributed by atoms with van der Waals surface area (Å²) in [6.45, 7) is 12.4. The van der Waals surface area contributed by atoms with E-state index in [9.17, 15) is 4.79 Å². The molecule has 0 aliphatic heterocycles. The highest BCUT2D eigenvalue weighted by atomic mass is 32.1. The lowest BCUT2D eigenvalue weighted by atomic mass is 10.2. The van der Waals surface area contributed by atoms with Crippen molar-refractivity contribution in [1.29, 1.82) is 0 Å². The fourth-order valence-electron chi connectivity index (χ4n) is 1.69. The molecule has 1 heterocycles. The molecule has 1 rings (SSSR count). The Morgan fingerprint density at radius 2 is 2.11 bits per heavy atom. The van der Waals surface area contributed by atoms with Crippen molar-refractivity contribution in [2.45, 2.75) is 34.6 Å². The summed E-state index contributed by atoms with van der Waals surface area (Å²) in [5, 5.41) is 0.909. The summed E-state index contributed by atoms with van der Waals surface area (Å²) in [7, 11) is 0. The Balaban J connectivity index is 2.91. The van der Waals surface area contributed by atoms with Gasteiger partial charge in [0.15, 0.2) is 10.8 Å². The van der Waals surface area contributed by atoms with Crippen LogP contribution >= 0.6 is 11.3 Å². The number of anilines is 1. The van der Waals surface area contributed by atoms with Crippen molar-refractivity contribution in [3.8, 4) is 0 Å². The molecule has 0 spiro atoms. The Labute approximate surface area is 113 Å².